The lowest BCUT2D eigenvalue weighted by Crippen LogP contribution is -2.49. The number of carbonyl (C=O) groups is 3. The van der Waals surface area contributed by atoms with Crippen molar-refractivity contribution in [2.24, 2.45) is 14.1 Å². The zero-order valence-electron chi connectivity index (χ0n) is 49.4. The Morgan fingerprint density at radius 2 is 0.889 bits per heavy atom. The van der Waals surface area contributed by atoms with E-state index >= 15 is 0 Å². The quantitative estimate of drug-likeness (QED) is 0.156. The molecule has 5 aromatic heterocycles. The molecule has 0 aliphatic carbocycles. The van der Waals surface area contributed by atoms with E-state index in [1.165, 1.54) is 21.7 Å². The van der Waals surface area contributed by atoms with Crippen LogP contribution in [-0.4, -0.2) is 140 Å². The number of para-hydroxylation sites is 3. The van der Waals surface area contributed by atoms with E-state index in [4.69, 9.17) is 11.6 Å². The number of aromatic nitrogens is 6. The van der Waals surface area contributed by atoms with E-state index in [0.29, 0.717) is 124 Å². The van der Waals surface area contributed by atoms with Crippen LogP contribution in [0.4, 0.5) is 17.1 Å². The molecule has 5 aromatic carbocycles. The third-order valence-electron chi connectivity index (χ3n) is 16.6. The van der Waals surface area contributed by atoms with Crippen LogP contribution in [-0.2, 0) is 20.6 Å². The molecule has 0 bridgehead atoms. The number of piperazine rings is 3. The number of rotatable bonds is 8. The predicted molar refractivity (Wildman–Crippen MR) is 345 cm³/mol. The minimum atomic E-state index is -0.304. The summed E-state index contributed by atoms with van der Waals surface area (Å²) >= 11 is 5.95. The highest BCUT2D eigenvalue weighted by Crippen LogP contribution is 2.33. The maximum Gasteiger partial charge on any atom is 0.272 e. The van der Waals surface area contributed by atoms with Crippen molar-refractivity contribution in [3.63, 3.8) is 0 Å². The van der Waals surface area contributed by atoms with Crippen LogP contribution in [0.3, 0.4) is 0 Å². The van der Waals surface area contributed by atoms with Gasteiger partial charge in [0, 0.05) is 132 Å². The average Bonchev–Trinajstić information content (AvgIpc) is 0.896. The smallest absolute Gasteiger partial charge is 0.272 e. The monoisotopic (exact) mass is 1220 g/mol. The highest BCUT2D eigenvalue weighted by molar-refractivity contribution is 6.30. The highest BCUT2D eigenvalue weighted by Gasteiger charge is 2.31. The van der Waals surface area contributed by atoms with Gasteiger partial charge in [-0.15, -0.1) is 0 Å². The van der Waals surface area contributed by atoms with Crippen molar-refractivity contribution in [1.29, 1.82) is 15.8 Å². The molecular weight excluding hydrogens is 1160 g/mol. The Labute approximate surface area is 521 Å². The maximum absolute atomic E-state index is 13.5. The van der Waals surface area contributed by atoms with Crippen LogP contribution in [0, 0.1) is 34.0 Å². The fourth-order valence-corrected chi connectivity index (χ4v) is 12.1. The SMILES string of the molecule is Cn1c(=O)c(C#N)c(N2CCN(C(=O)c3cccnc3)CC2)c2ccccc21.Cn1c(=O)c(C#N)c(N2CCN(C(=O)c3cnc[nH]3)CC2)c2ccccc21.N#Cc1c(N2CCN(C(=O)c3ccc(Cl)cc3)CC2)c2ccccc2n(Cc2ccccc2)c1=O. The third kappa shape index (κ3) is 12.1. The summed E-state index contributed by atoms with van der Waals surface area (Å²) < 4.78 is 4.70. The van der Waals surface area contributed by atoms with Gasteiger partial charge >= 0.3 is 0 Å². The number of halogens is 1. The predicted octanol–water partition coefficient (Wildman–Crippen LogP) is 7.40. The van der Waals surface area contributed by atoms with Crippen molar-refractivity contribution in [2.45, 2.75) is 6.54 Å². The molecule has 3 aliphatic heterocycles. The van der Waals surface area contributed by atoms with E-state index in [1.54, 1.807) is 82.2 Å². The Hall–Kier alpha value is -11.3. The maximum atomic E-state index is 13.5. The molecule has 13 rings (SSSR count). The summed E-state index contributed by atoms with van der Waals surface area (Å²) in [7, 11) is 3.36. The number of fused-ring (bicyclic) bond motifs is 3. The normalized spacial score (nSPS) is 14.0. The van der Waals surface area contributed by atoms with Crippen LogP contribution in [0.5, 0.6) is 0 Å². The lowest BCUT2D eigenvalue weighted by Gasteiger charge is -2.37. The van der Waals surface area contributed by atoms with Crippen LogP contribution in [0.25, 0.3) is 32.7 Å². The number of amides is 3. The van der Waals surface area contributed by atoms with Crippen molar-refractivity contribution in [1.82, 2.24) is 43.4 Å². The molecule has 0 spiro atoms. The Morgan fingerprint density at radius 1 is 0.467 bits per heavy atom. The molecule has 21 nitrogen and oxygen atoms in total. The average molecular weight is 1220 g/mol. The first-order valence-corrected chi connectivity index (χ1v) is 29.6. The summed E-state index contributed by atoms with van der Waals surface area (Å²) in [6.45, 7) is 6.68. The molecule has 450 valence electrons. The topological polar surface area (TPSA) is 250 Å². The summed E-state index contributed by atoms with van der Waals surface area (Å²) in [5, 5.41) is 32.5. The highest BCUT2D eigenvalue weighted by atomic mass is 35.5. The fourth-order valence-electron chi connectivity index (χ4n) is 11.9. The second kappa shape index (κ2) is 26.7. The lowest BCUT2D eigenvalue weighted by atomic mass is 10.1. The summed E-state index contributed by atoms with van der Waals surface area (Å²) in [4.78, 5) is 99.0. The zero-order chi connectivity index (χ0) is 63.0. The van der Waals surface area contributed by atoms with Crippen LogP contribution < -0.4 is 31.4 Å². The first-order valence-electron chi connectivity index (χ1n) is 29.2. The van der Waals surface area contributed by atoms with E-state index < -0.39 is 0 Å². The number of benzene rings is 5. The summed E-state index contributed by atoms with van der Waals surface area (Å²) in [5.41, 5.74) is 6.45. The molecule has 0 unspecified atom stereocenters. The number of H-pyrrole nitrogens is 1. The molecule has 3 aliphatic rings. The number of hydrogen-bond donors (Lipinski definition) is 1. The number of anilines is 3. The van der Waals surface area contributed by atoms with Gasteiger partial charge in [-0.25, -0.2) is 4.98 Å². The molecule has 1 N–H and O–H groups in total. The molecular formula is C68H60ClN15O6. The van der Waals surface area contributed by atoms with Gasteiger partial charge in [0.1, 0.15) is 40.6 Å². The lowest BCUT2D eigenvalue weighted by molar-refractivity contribution is 0.0735. The number of pyridine rings is 4. The molecule has 10 aromatic rings. The van der Waals surface area contributed by atoms with Gasteiger partial charge in [-0.1, -0.05) is 96.5 Å². The molecule has 90 heavy (non-hydrogen) atoms. The second-order valence-electron chi connectivity index (χ2n) is 21.7. The first kappa shape index (κ1) is 60.4. The molecule has 3 saturated heterocycles. The Balaban J connectivity index is 0.000000140. The van der Waals surface area contributed by atoms with Crippen LogP contribution in [0.2, 0.25) is 5.02 Å². The summed E-state index contributed by atoms with van der Waals surface area (Å²) in [6.07, 6.45) is 6.20. The van der Waals surface area contributed by atoms with Gasteiger partial charge in [0.05, 0.1) is 58.2 Å². The molecule has 3 amide bonds. The fraction of sp³-hybridized carbons (Fsp3) is 0.221. The van der Waals surface area contributed by atoms with Crippen molar-refractivity contribution >= 4 is 79.1 Å². The van der Waals surface area contributed by atoms with E-state index in [1.807, 2.05) is 113 Å². The second-order valence-corrected chi connectivity index (χ2v) is 22.2. The summed E-state index contributed by atoms with van der Waals surface area (Å²) in [5.74, 6) is -0.200. The number of hydrogen-bond acceptors (Lipinski definition) is 14. The van der Waals surface area contributed by atoms with Crippen molar-refractivity contribution in [3.8, 4) is 18.2 Å². The molecule has 0 atom stereocenters. The number of nitrogens with one attached hydrogen (secondary N) is 1. The van der Waals surface area contributed by atoms with E-state index in [-0.39, 0.29) is 51.1 Å². The number of nitriles is 3. The van der Waals surface area contributed by atoms with Crippen molar-refractivity contribution in [2.75, 3.05) is 93.2 Å². The molecule has 3 fully saturated rings. The van der Waals surface area contributed by atoms with E-state index in [0.717, 1.165) is 38.3 Å². The van der Waals surface area contributed by atoms with Gasteiger partial charge in [0.15, 0.2) is 0 Å². The number of aryl methyl sites for hydroxylation is 2. The number of nitrogens with zero attached hydrogens (tertiary/aromatic N) is 14. The van der Waals surface area contributed by atoms with Gasteiger partial charge in [-0.2, -0.15) is 15.8 Å². The van der Waals surface area contributed by atoms with E-state index in [2.05, 4.69) is 38.1 Å². The van der Waals surface area contributed by atoms with Gasteiger partial charge in [-0.3, -0.25) is 33.8 Å². The van der Waals surface area contributed by atoms with Crippen molar-refractivity contribution in [3.05, 3.63) is 240 Å². The Bertz CT molecular complexity index is 4660. The Kier molecular flexibility index (Phi) is 17.9. The van der Waals surface area contributed by atoms with Crippen LogP contribution >= 0.6 is 11.6 Å². The minimum absolute atomic E-state index is 0.0510. The number of aromatic amines is 1. The van der Waals surface area contributed by atoms with Gasteiger partial charge in [-0.05, 0) is 60.2 Å². The van der Waals surface area contributed by atoms with Gasteiger partial charge in [0.2, 0.25) is 0 Å². The molecule has 22 heteroatoms. The van der Waals surface area contributed by atoms with Gasteiger partial charge < -0.3 is 48.1 Å². The molecule has 0 saturated carbocycles. The largest absolute Gasteiger partial charge is 0.366 e. The van der Waals surface area contributed by atoms with E-state index in [9.17, 15) is 44.6 Å². The summed E-state index contributed by atoms with van der Waals surface area (Å²) in [6, 6.07) is 49.3. The van der Waals surface area contributed by atoms with Crippen molar-refractivity contribution < 1.29 is 14.4 Å². The minimum Gasteiger partial charge on any atom is -0.366 e. The first-order chi connectivity index (χ1) is 43.8. The standard InChI is InChI=1S/C28H23ClN4O2.C21H19N5O2.C19H18N6O2/c29-22-12-10-21(11-13-22)27(34)32-16-14-31(15-17-32)26-23-8-4-5-9-25(23)33(28(35)24(26)18-30)19-20-6-2-1-3-7-20;1-24-18-7-3-2-6-16(18)19(17(13-22)21(24)28)25-9-11-26(12-10-25)20(27)15-5-4-8-23-14-15;1-23-16-5-3-2-4-13(16)17(14(10-20)18(23)26)24-6-8-25(9-7-24)19(27)15-11-21-12-22-15/h1-13H,14-17,19H2;2-8,14H,9-12H2,1H3;2-5,11-12H,6-9H2,1H3,(H,21,22). The van der Waals surface area contributed by atoms with Crippen LogP contribution in [0.1, 0.15) is 53.5 Å². The zero-order valence-corrected chi connectivity index (χ0v) is 50.1. The number of imidazole rings is 1. The number of carbonyl (C=O) groups excluding carboxylic acids is 3. The molecule has 0 radical (unpaired) electrons. The molecule has 8 heterocycles. The Morgan fingerprint density at radius 3 is 1.33 bits per heavy atom. The van der Waals surface area contributed by atoms with Gasteiger partial charge in [0.25, 0.3) is 34.4 Å². The third-order valence-corrected chi connectivity index (χ3v) is 16.8. The van der Waals surface area contributed by atoms with Crippen LogP contribution in [0.15, 0.2) is 179 Å².